The Labute approximate surface area is 146 Å². The molecule has 0 aliphatic rings. The van der Waals surface area contributed by atoms with Crippen LogP contribution in [0.2, 0.25) is 0 Å². The van der Waals surface area contributed by atoms with Crippen LogP contribution in [-0.2, 0) is 12.6 Å². The highest BCUT2D eigenvalue weighted by molar-refractivity contribution is 5.61. The van der Waals surface area contributed by atoms with Crippen molar-refractivity contribution in [3.05, 3.63) is 71.0 Å². The van der Waals surface area contributed by atoms with Gasteiger partial charge in [-0.3, -0.25) is 0 Å². The molecule has 26 heavy (non-hydrogen) atoms. The van der Waals surface area contributed by atoms with E-state index in [-0.39, 0.29) is 6.42 Å². The molecule has 0 aromatic heterocycles. The summed E-state index contributed by atoms with van der Waals surface area (Å²) >= 11 is 0. The Morgan fingerprint density at radius 1 is 1.04 bits per heavy atom. The van der Waals surface area contributed by atoms with Gasteiger partial charge in [0, 0.05) is 6.04 Å². The van der Waals surface area contributed by atoms with Gasteiger partial charge in [0.15, 0.2) is 0 Å². The molecule has 5 nitrogen and oxygen atoms in total. The summed E-state index contributed by atoms with van der Waals surface area (Å²) in [6.07, 6.45) is -6.53. The van der Waals surface area contributed by atoms with E-state index in [1.165, 1.54) is 36.4 Å². The summed E-state index contributed by atoms with van der Waals surface area (Å²) in [6, 6.07) is 9.19. The van der Waals surface area contributed by atoms with Gasteiger partial charge in [0.05, 0.1) is 11.7 Å². The topological polar surface area (TPSA) is 110 Å². The van der Waals surface area contributed by atoms with E-state index >= 15 is 0 Å². The minimum absolute atomic E-state index is 0.205. The van der Waals surface area contributed by atoms with Gasteiger partial charge in [-0.1, -0.05) is 24.3 Å². The van der Waals surface area contributed by atoms with Crippen molar-refractivity contribution in [1.82, 2.24) is 0 Å². The third-order valence-electron chi connectivity index (χ3n) is 3.37. The van der Waals surface area contributed by atoms with E-state index in [1.807, 2.05) is 0 Å². The van der Waals surface area contributed by atoms with Gasteiger partial charge in [-0.05, 0) is 41.8 Å². The molecule has 6 N–H and O–H groups in total. The first-order valence-corrected chi connectivity index (χ1v) is 7.34. The maximum absolute atomic E-state index is 12.8. The first kappa shape index (κ1) is 21.4. The third-order valence-corrected chi connectivity index (χ3v) is 3.37. The molecule has 2 atom stereocenters. The fourth-order valence-electron chi connectivity index (χ4n) is 2.12. The van der Waals surface area contributed by atoms with Crippen LogP contribution in [0.15, 0.2) is 48.5 Å². The standard InChI is InChI=1S/C16H15F4NO.CH3NO2/c17-13-7-3-11(4-8-13)15(22)14(21)9-10-1-5-12(6-2-10)16(18,19)20;2-1(3)4/h1-8,14-15,22H,9,21H2;2H2,(H,3,4). The van der Waals surface area contributed by atoms with Crippen molar-refractivity contribution in [2.75, 3.05) is 0 Å². The fourth-order valence-corrected chi connectivity index (χ4v) is 2.12. The Bertz CT molecular complexity index is 699. The number of rotatable bonds is 4. The van der Waals surface area contributed by atoms with Crippen LogP contribution in [0.25, 0.3) is 0 Å². The molecule has 0 saturated carbocycles. The van der Waals surface area contributed by atoms with Crippen molar-refractivity contribution in [3.63, 3.8) is 0 Å². The predicted octanol–water partition coefficient (Wildman–Crippen LogP) is 3.07. The number of nitrogens with two attached hydrogens (primary N) is 2. The molecular formula is C17H18F4N2O3. The lowest BCUT2D eigenvalue weighted by Crippen LogP contribution is -2.30. The van der Waals surface area contributed by atoms with Crippen LogP contribution in [0.5, 0.6) is 0 Å². The minimum atomic E-state index is -4.38. The summed E-state index contributed by atoms with van der Waals surface area (Å²) in [7, 11) is 0. The molecule has 0 spiro atoms. The summed E-state index contributed by atoms with van der Waals surface area (Å²) in [5, 5.41) is 17.3. The van der Waals surface area contributed by atoms with Gasteiger partial charge in [0.25, 0.3) is 0 Å². The van der Waals surface area contributed by atoms with Gasteiger partial charge in [-0.15, -0.1) is 0 Å². The van der Waals surface area contributed by atoms with Crippen molar-refractivity contribution in [2.24, 2.45) is 11.5 Å². The van der Waals surface area contributed by atoms with Crippen molar-refractivity contribution in [1.29, 1.82) is 0 Å². The molecule has 2 rings (SSSR count). The van der Waals surface area contributed by atoms with Gasteiger partial charge < -0.3 is 21.7 Å². The van der Waals surface area contributed by atoms with E-state index in [9.17, 15) is 22.7 Å². The zero-order valence-electron chi connectivity index (χ0n) is 13.4. The van der Waals surface area contributed by atoms with Gasteiger partial charge in [-0.25, -0.2) is 9.18 Å². The van der Waals surface area contributed by atoms with E-state index in [2.05, 4.69) is 5.73 Å². The van der Waals surface area contributed by atoms with E-state index in [1.54, 1.807) is 0 Å². The number of hydrogen-bond donors (Lipinski definition) is 4. The number of alkyl halides is 3. The molecule has 0 bridgehead atoms. The number of amides is 1. The van der Waals surface area contributed by atoms with Gasteiger partial charge in [0.1, 0.15) is 5.82 Å². The van der Waals surface area contributed by atoms with Crippen LogP contribution in [0.3, 0.4) is 0 Å². The molecule has 2 aromatic carbocycles. The van der Waals surface area contributed by atoms with Gasteiger partial charge >= 0.3 is 12.3 Å². The highest BCUT2D eigenvalue weighted by Gasteiger charge is 2.30. The number of aliphatic hydroxyl groups is 1. The second kappa shape index (κ2) is 9.16. The maximum atomic E-state index is 12.8. The van der Waals surface area contributed by atoms with Crippen molar-refractivity contribution < 1.29 is 32.6 Å². The fraction of sp³-hybridized carbons (Fsp3) is 0.235. The molecule has 0 saturated heterocycles. The van der Waals surface area contributed by atoms with Gasteiger partial charge in [0.2, 0.25) is 0 Å². The van der Waals surface area contributed by atoms with E-state index < -0.39 is 35.8 Å². The van der Waals surface area contributed by atoms with E-state index in [0.29, 0.717) is 11.1 Å². The van der Waals surface area contributed by atoms with Crippen molar-refractivity contribution >= 4 is 6.09 Å². The van der Waals surface area contributed by atoms with Crippen LogP contribution in [0.4, 0.5) is 22.4 Å². The van der Waals surface area contributed by atoms with Crippen molar-refractivity contribution in [2.45, 2.75) is 24.7 Å². The van der Waals surface area contributed by atoms with Crippen LogP contribution in [0, 0.1) is 5.82 Å². The number of halogens is 4. The first-order valence-electron chi connectivity index (χ1n) is 7.34. The second-order valence-electron chi connectivity index (χ2n) is 5.40. The Morgan fingerprint density at radius 3 is 1.92 bits per heavy atom. The molecule has 0 fully saturated rings. The lowest BCUT2D eigenvalue weighted by Gasteiger charge is -2.19. The molecule has 9 heteroatoms. The Hall–Kier alpha value is -2.65. The summed E-state index contributed by atoms with van der Waals surface area (Å²) in [5.41, 5.74) is 10.2. The Balaban J connectivity index is 0.000000765. The monoisotopic (exact) mass is 374 g/mol. The Kier molecular flexibility index (Phi) is 7.54. The lowest BCUT2D eigenvalue weighted by atomic mass is 9.96. The zero-order valence-corrected chi connectivity index (χ0v) is 13.4. The third kappa shape index (κ3) is 7.08. The lowest BCUT2D eigenvalue weighted by molar-refractivity contribution is -0.137. The molecule has 0 radical (unpaired) electrons. The maximum Gasteiger partial charge on any atom is 0.416 e. The summed E-state index contributed by atoms with van der Waals surface area (Å²) in [4.78, 5) is 8.78. The predicted molar refractivity (Wildman–Crippen MR) is 86.7 cm³/mol. The van der Waals surface area contributed by atoms with Crippen molar-refractivity contribution in [3.8, 4) is 0 Å². The van der Waals surface area contributed by atoms with Gasteiger partial charge in [-0.2, -0.15) is 13.2 Å². The molecule has 1 amide bonds. The Morgan fingerprint density at radius 2 is 1.50 bits per heavy atom. The summed E-state index contributed by atoms with van der Waals surface area (Å²) < 4.78 is 50.2. The number of carbonyl (C=O) groups is 1. The minimum Gasteiger partial charge on any atom is -0.465 e. The largest absolute Gasteiger partial charge is 0.465 e. The smallest absolute Gasteiger partial charge is 0.416 e. The van der Waals surface area contributed by atoms with Crippen LogP contribution >= 0.6 is 0 Å². The number of hydrogen-bond acceptors (Lipinski definition) is 3. The first-order chi connectivity index (χ1) is 12.0. The van der Waals surface area contributed by atoms with Crippen LogP contribution in [0.1, 0.15) is 22.8 Å². The summed E-state index contributed by atoms with van der Waals surface area (Å²) in [6.45, 7) is 0. The molecule has 0 aliphatic heterocycles. The second-order valence-corrected chi connectivity index (χ2v) is 5.40. The quantitative estimate of drug-likeness (QED) is 0.617. The average molecular weight is 374 g/mol. The summed E-state index contributed by atoms with van der Waals surface area (Å²) in [5.74, 6) is -0.424. The normalized spacial score (nSPS) is 13.3. The molecule has 2 unspecified atom stereocenters. The van der Waals surface area contributed by atoms with Crippen LogP contribution < -0.4 is 11.5 Å². The number of benzene rings is 2. The van der Waals surface area contributed by atoms with E-state index in [4.69, 9.17) is 15.6 Å². The molecule has 0 heterocycles. The zero-order chi connectivity index (χ0) is 19.9. The average Bonchev–Trinajstić information content (AvgIpc) is 2.54. The number of primary amides is 1. The highest BCUT2D eigenvalue weighted by Crippen LogP contribution is 2.29. The molecule has 142 valence electrons. The molecule has 2 aromatic rings. The van der Waals surface area contributed by atoms with Crippen LogP contribution in [-0.4, -0.2) is 22.3 Å². The molecule has 0 aliphatic carbocycles. The number of carboxylic acid groups (broad SMARTS) is 1. The molecular weight excluding hydrogens is 356 g/mol. The van der Waals surface area contributed by atoms with E-state index in [0.717, 1.165) is 12.1 Å². The number of aliphatic hydroxyl groups excluding tert-OH is 1. The highest BCUT2D eigenvalue weighted by atomic mass is 19.4. The SMILES string of the molecule is NC(=O)O.NC(Cc1ccc(C(F)(F)F)cc1)C(O)c1ccc(F)cc1.